The number of ether oxygens (including phenoxy) is 5. The van der Waals surface area contributed by atoms with Crippen LogP contribution in [-0.2, 0) is 63.1 Å². The summed E-state index contributed by atoms with van der Waals surface area (Å²) in [6.07, 6.45) is -0.371. The molecule has 350 valence electrons. The van der Waals surface area contributed by atoms with Crippen LogP contribution in [0.3, 0.4) is 0 Å². The molecule has 0 radical (unpaired) electrons. The van der Waals surface area contributed by atoms with E-state index in [1.54, 1.807) is 21.3 Å². The maximum Gasteiger partial charge on any atom is 0.407 e. The molecule has 6 aromatic carbocycles. The number of methoxy groups -OCH3 is 3. The van der Waals surface area contributed by atoms with E-state index in [-0.39, 0.29) is 38.4 Å². The van der Waals surface area contributed by atoms with Gasteiger partial charge in [-0.3, -0.25) is 4.79 Å². The number of alkyl carbamates (subject to hydrolysis) is 1. The highest BCUT2D eigenvalue weighted by molar-refractivity contribution is 8.07. The second-order valence-corrected chi connectivity index (χ2v) is 18.9. The Hall–Kier alpha value is -5.89. The molecule has 0 heterocycles. The first-order chi connectivity index (χ1) is 32.6. The number of hydrogen-bond acceptors (Lipinski definition) is 11. The van der Waals surface area contributed by atoms with E-state index >= 15 is 0 Å². The number of nitrogens with one attached hydrogen (secondary N) is 2. The minimum atomic E-state index is -3.08. The van der Waals surface area contributed by atoms with E-state index in [9.17, 15) is 9.59 Å². The normalized spacial score (nSPS) is 13.9. The number of carbonyl (C=O) groups excluding carboxylic acids is 2. The summed E-state index contributed by atoms with van der Waals surface area (Å²) in [5.74, 6) is 0.647. The number of benzene rings is 6. The van der Waals surface area contributed by atoms with Gasteiger partial charge in [-0.25, -0.2) is 4.79 Å². The summed E-state index contributed by atoms with van der Waals surface area (Å²) >= 11 is 5.66. The van der Waals surface area contributed by atoms with Crippen molar-refractivity contribution in [3.63, 3.8) is 0 Å². The smallest absolute Gasteiger partial charge is 0.407 e. The predicted molar refractivity (Wildman–Crippen MR) is 262 cm³/mol. The van der Waals surface area contributed by atoms with Gasteiger partial charge in [-0.1, -0.05) is 134 Å². The molecule has 0 bridgehead atoms. The topological polar surface area (TPSA) is 132 Å². The molecule has 0 aromatic heterocycles. The fourth-order valence-corrected chi connectivity index (χ4v) is 9.92. The quantitative estimate of drug-likeness (QED) is 0.0470. The number of carbonyl (C=O) groups is 2. The first kappa shape index (κ1) is 49.0. The van der Waals surface area contributed by atoms with Crippen LogP contribution in [0.15, 0.2) is 152 Å². The van der Waals surface area contributed by atoms with Gasteiger partial charge in [0.2, 0.25) is 5.91 Å². The lowest BCUT2D eigenvalue weighted by Crippen LogP contribution is -2.51. The zero-order valence-corrected chi connectivity index (χ0v) is 40.1. The molecule has 0 spiro atoms. The molecule has 3 atom stereocenters. The lowest BCUT2D eigenvalue weighted by atomic mass is 9.80. The van der Waals surface area contributed by atoms with Gasteiger partial charge in [-0.05, 0) is 92.6 Å². The zero-order chi connectivity index (χ0) is 47.2. The van der Waals surface area contributed by atoms with Gasteiger partial charge in [0.25, 0.3) is 0 Å². The van der Waals surface area contributed by atoms with Gasteiger partial charge >= 0.3 is 12.8 Å². The third kappa shape index (κ3) is 11.8. The highest BCUT2D eigenvalue weighted by Gasteiger charge is 2.40. The Kier molecular flexibility index (Phi) is 17.0. The fraction of sp³-hybridized carbons (Fsp3) is 0.283. The molecular formula is C53H57N2O10PS. The standard InChI is InChI=1S/C53H57N2O10PS/c1-6-42(34-58-2)65-66(67,61-5)64-33-38-16-14-15-37(31-38)32-54-51(56)50(55-52(57)62-35-49-47-21-12-10-19-45(47)46-20-11-13-22-48(46)49)36-63-53(39-17-8-7-9-18-39,40-23-27-43(59-3)28-24-40)41-25-29-44(60-4)30-26-41/h7-31,42,49-50H,6,32-36H2,1-5H3,(H,54,56)(H,55,57). The molecule has 1 aliphatic rings. The lowest BCUT2D eigenvalue weighted by molar-refractivity contribution is -0.126. The van der Waals surface area contributed by atoms with Crippen LogP contribution in [-0.4, -0.2) is 72.4 Å². The third-order valence-corrected chi connectivity index (χ3v) is 14.2. The molecule has 0 saturated carbocycles. The van der Waals surface area contributed by atoms with E-state index < -0.39 is 30.4 Å². The van der Waals surface area contributed by atoms with Crippen LogP contribution in [0.1, 0.15) is 58.2 Å². The molecule has 14 heteroatoms. The highest BCUT2D eigenvalue weighted by atomic mass is 32.5. The van der Waals surface area contributed by atoms with Crippen LogP contribution in [0.25, 0.3) is 11.1 Å². The number of hydrogen-bond donors (Lipinski definition) is 2. The number of amides is 2. The van der Waals surface area contributed by atoms with E-state index in [1.165, 1.54) is 7.11 Å². The van der Waals surface area contributed by atoms with Gasteiger partial charge in [0.1, 0.15) is 29.7 Å². The van der Waals surface area contributed by atoms with E-state index in [1.807, 2.05) is 134 Å². The first-order valence-corrected chi connectivity index (χ1v) is 24.6. The van der Waals surface area contributed by atoms with E-state index in [4.69, 9.17) is 49.1 Å². The van der Waals surface area contributed by atoms with Crippen molar-refractivity contribution in [3.8, 4) is 22.6 Å². The van der Waals surface area contributed by atoms with Crippen LogP contribution >= 0.6 is 6.72 Å². The molecule has 0 aliphatic heterocycles. The van der Waals surface area contributed by atoms with Crippen molar-refractivity contribution in [1.82, 2.24) is 10.6 Å². The van der Waals surface area contributed by atoms with Crippen LogP contribution in [0.4, 0.5) is 4.79 Å². The molecule has 0 saturated heterocycles. The Morgan fingerprint density at radius 3 is 1.82 bits per heavy atom. The predicted octanol–water partition coefficient (Wildman–Crippen LogP) is 10.1. The second kappa shape index (κ2) is 23.2. The summed E-state index contributed by atoms with van der Waals surface area (Å²) in [6.45, 7) is -0.711. The summed E-state index contributed by atoms with van der Waals surface area (Å²) < 4.78 is 47.0. The van der Waals surface area contributed by atoms with Crippen LogP contribution in [0, 0.1) is 0 Å². The van der Waals surface area contributed by atoms with Crippen molar-refractivity contribution in [2.24, 2.45) is 0 Å². The van der Waals surface area contributed by atoms with Gasteiger partial charge in [0.15, 0.2) is 0 Å². The van der Waals surface area contributed by atoms with Gasteiger partial charge in [-0.2, -0.15) is 0 Å². The minimum Gasteiger partial charge on any atom is -0.497 e. The van der Waals surface area contributed by atoms with Crippen LogP contribution in [0.5, 0.6) is 11.5 Å². The molecule has 0 fully saturated rings. The average molecular weight is 945 g/mol. The molecule has 1 aliphatic carbocycles. The molecule has 2 N–H and O–H groups in total. The number of rotatable bonds is 23. The second-order valence-electron chi connectivity index (χ2n) is 15.9. The van der Waals surface area contributed by atoms with E-state index in [0.717, 1.165) is 50.1 Å². The summed E-state index contributed by atoms with van der Waals surface area (Å²) in [5.41, 5.74) is 6.96. The van der Waals surface area contributed by atoms with Crippen molar-refractivity contribution in [2.45, 2.75) is 50.2 Å². The van der Waals surface area contributed by atoms with Crippen molar-refractivity contribution in [3.05, 3.63) is 191 Å². The van der Waals surface area contributed by atoms with Crippen molar-refractivity contribution >= 4 is 30.5 Å². The molecule has 7 rings (SSSR count). The Morgan fingerprint density at radius 1 is 0.687 bits per heavy atom. The molecule has 67 heavy (non-hydrogen) atoms. The SMILES string of the molecule is CCC(COC)OP(=S)(OC)OCc1cccc(CNC(=O)C(COC(c2ccccc2)(c2ccc(OC)cc2)c2ccc(OC)cc2)NC(=O)OCC2c3ccccc3-c3ccccc32)c1. The van der Waals surface area contributed by atoms with E-state index in [2.05, 4.69) is 34.9 Å². The molecule has 3 unspecified atom stereocenters. The lowest BCUT2D eigenvalue weighted by Gasteiger charge is -2.37. The Bertz CT molecular complexity index is 2520. The summed E-state index contributed by atoms with van der Waals surface area (Å²) in [6, 6.07) is 47.5. The molecule has 2 amide bonds. The molecule has 12 nitrogen and oxygen atoms in total. The maximum atomic E-state index is 14.5. The van der Waals surface area contributed by atoms with Gasteiger partial charge in [0.05, 0.1) is 40.1 Å². The summed E-state index contributed by atoms with van der Waals surface area (Å²) in [4.78, 5) is 28.5. The van der Waals surface area contributed by atoms with Crippen molar-refractivity contribution in [1.29, 1.82) is 0 Å². The minimum absolute atomic E-state index is 0.0586. The Morgan fingerprint density at radius 2 is 1.25 bits per heavy atom. The van der Waals surface area contributed by atoms with Crippen molar-refractivity contribution in [2.75, 3.05) is 48.3 Å². The highest BCUT2D eigenvalue weighted by Crippen LogP contribution is 2.51. The third-order valence-electron chi connectivity index (χ3n) is 11.7. The molecular weight excluding hydrogens is 888 g/mol. The van der Waals surface area contributed by atoms with Gasteiger partial charge in [-0.15, -0.1) is 0 Å². The largest absolute Gasteiger partial charge is 0.497 e. The number of fused-ring (bicyclic) bond motifs is 3. The van der Waals surface area contributed by atoms with Crippen LogP contribution in [0.2, 0.25) is 0 Å². The Labute approximate surface area is 398 Å². The molecule has 6 aromatic rings. The van der Waals surface area contributed by atoms with Crippen LogP contribution < -0.4 is 20.1 Å². The van der Waals surface area contributed by atoms with Gasteiger partial charge < -0.3 is 47.9 Å². The zero-order valence-electron chi connectivity index (χ0n) is 38.3. The van der Waals surface area contributed by atoms with E-state index in [0.29, 0.717) is 24.5 Å². The average Bonchev–Trinajstić information content (AvgIpc) is 3.70. The maximum absolute atomic E-state index is 14.5. The van der Waals surface area contributed by atoms with Gasteiger partial charge in [0, 0.05) is 26.7 Å². The first-order valence-electron chi connectivity index (χ1n) is 22.1. The summed E-state index contributed by atoms with van der Waals surface area (Å²) in [5, 5.41) is 5.90. The fourth-order valence-electron chi connectivity index (χ4n) is 8.26. The van der Waals surface area contributed by atoms with Crippen molar-refractivity contribution < 1.29 is 46.8 Å². The monoisotopic (exact) mass is 944 g/mol. The summed E-state index contributed by atoms with van der Waals surface area (Å²) in [7, 11) is 6.29. The Balaban J connectivity index is 1.15.